The third-order valence-corrected chi connectivity index (χ3v) is 4.67. The summed E-state index contributed by atoms with van der Waals surface area (Å²) in [4.78, 5) is 24.5. The maximum atomic E-state index is 12.7. The summed E-state index contributed by atoms with van der Waals surface area (Å²) in [5.74, 6) is -0.0242. The summed E-state index contributed by atoms with van der Waals surface area (Å²) < 4.78 is 12.1. The molecule has 1 amide bonds. The van der Waals surface area contributed by atoms with Crippen LogP contribution in [0, 0.1) is 13.8 Å². The van der Waals surface area contributed by atoms with Crippen molar-refractivity contribution in [1.29, 1.82) is 0 Å². The van der Waals surface area contributed by atoms with E-state index < -0.39 is 5.97 Å². The number of anilines is 1. The molecule has 0 atom stereocenters. The third-order valence-electron chi connectivity index (χ3n) is 4.34. The molecule has 1 N–H and O–H groups in total. The van der Waals surface area contributed by atoms with Gasteiger partial charge in [-0.15, -0.1) is 0 Å². The van der Waals surface area contributed by atoms with Crippen LogP contribution in [0.4, 0.5) is 5.69 Å². The van der Waals surface area contributed by atoms with E-state index in [-0.39, 0.29) is 16.5 Å². The molecule has 0 fully saturated rings. The molecule has 140 valence electrons. The maximum Gasteiger partial charge on any atom is 0.339 e. The zero-order valence-corrected chi connectivity index (χ0v) is 16.0. The number of amides is 1. The Labute approximate surface area is 161 Å². The van der Waals surface area contributed by atoms with Crippen LogP contribution in [0.2, 0.25) is 5.02 Å². The molecule has 0 unspecified atom stereocenters. The SMILES string of the molecule is COC(=O)c1cc(NC(=O)c2cc(C)n(Cc3ccco3)c2C)ccc1Cl. The van der Waals surface area contributed by atoms with Gasteiger partial charge in [-0.25, -0.2) is 4.79 Å². The van der Waals surface area contributed by atoms with Crippen LogP contribution in [0.3, 0.4) is 0 Å². The topological polar surface area (TPSA) is 73.5 Å². The van der Waals surface area contributed by atoms with Crippen molar-refractivity contribution in [2.45, 2.75) is 20.4 Å². The molecular weight excluding hydrogens is 368 g/mol. The molecule has 1 aromatic carbocycles. The molecular formula is C20H19ClN2O4. The zero-order chi connectivity index (χ0) is 19.6. The van der Waals surface area contributed by atoms with Crippen molar-refractivity contribution in [3.63, 3.8) is 0 Å². The fourth-order valence-electron chi connectivity index (χ4n) is 2.90. The number of aryl methyl sites for hydroxylation is 1. The van der Waals surface area contributed by atoms with Gasteiger partial charge in [0.2, 0.25) is 0 Å². The molecule has 0 aliphatic heterocycles. The first kappa shape index (κ1) is 18.8. The van der Waals surface area contributed by atoms with Crippen molar-refractivity contribution in [1.82, 2.24) is 4.57 Å². The molecule has 3 rings (SSSR count). The van der Waals surface area contributed by atoms with E-state index in [1.807, 2.05) is 36.6 Å². The molecule has 3 aromatic rings. The number of furan rings is 1. The largest absolute Gasteiger partial charge is 0.467 e. The Morgan fingerprint density at radius 3 is 2.63 bits per heavy atom. The van der Waals surface area contributed by atoms with Crippen molar-refractivity contribution in [3.05, 3.63) is 76.0 Å². The molecule has 0 saturated heterocycles. The minimum Gasteiger partial charge on any atom is -0.467 e. The van der Waals surface area contributed by atoms with Crippen LogP contribution in [0.5, 0.6) is 0 Å². The number of halogens is 1. The first-order chi connectivity index (χ1) is 12.9. The number of carbonyl (C=O) groups is 2. The van der Waals surface area contributed by atoms with Gasteiger partial charge < -0.3 is 19.0 Å². The Morgan fingerprint density at radius 2 is 1.96 bits per heavy atom. The Morgan fingerprint density at radius 1 is 1.19 bits per heavy atom. The van der Waals surface area contributed by atoms with E-state index in [0.29, 0.717) is 17.8 Å². The molecule has 6 nitrogen and oxygen atoms in total. The predicted octanol–water partition coefficient (Wildman–Crippen LogP) is 4.44. The summed E-state index contributed by atoms with van der Waals surface area (Å²) in [7, 11) is 1.28. The van der Waals surface area contributed by atoms with E-state index in [1.165, 1.54) is 13.2 Å². The van der Waals surface area contributed by atoms with E-state index in [9.17, 15) is 9.59 Å². The lowest BCUT2D eigenvalue weighted by molar-refractivity contribution is 0.0600. The fraction of sp³-hybridized carbons (Fsp3) is 0.200. The lowest BCUT2D eigenvalue weighted by atomic mass is 10.2. The summed E-state index contributed by atoms with van der Waals surface area (Å²) in [6.45, 7) is 4.36. The molecule has 27 heavy (non-hydrogen) atoms. The third kappa shape index (κ3) is 3.90. The van der Waals surface area contributed by atoms with Gasteiger partial charge in [-0.1, -0.05) is 11.6 Å². The van der Waals surface area contributed by atoms with Gasteiger partial charge >= 0.3 is 5.97 Å². The van der Waals surface area contributed by atoms with Gasteiger partial charge in [0.25, 0.3) is 5.91 Å². The Hall–Kier alpha value is -2.99. The highest BCUT2D eigenvalue weighted by molar-refractivity contribution is 6.33. The second-order valence-electron chi connectivity index (χ2n) is 6.09. The second kappa shape index (κ2) is 7.72. The van der Waals surface area contributed by atoms with Gasteiger partial charge in [-0.3, -0.25) is 4.79 Å². The lowest BCUT2D eigenvalue weighted by Crippen LogP contribution is -2.14. The van der Waals surface area contributed by atoms with Gasteiger partial charge in [0.15, 0.2) is 0 Å². The number of methoxy groups -OCH3 is 1. The molecule has 0 spiro atoms. The zero-order valence-electron chi connectivity index (χ0n) is 15.2. The molecule has 2 aromatic heterocycles. The Balaban J connectivity index is 1.84. The molecule has 0 aliphatic carbocycles. The molecule has 2 heterocycles. The van der Waals surface area contributed by atoms with Crippen LogP contribution in [0.1, 0.15) is 37.9 Å². The van der Waals surface area contributed by atoms with Crippen LogP contribution < -0.4 is 5.32 Å². The monoisotopic (exact) mass is 386 g/mol. The minimum atomic E-state index is -0.562. The molecule has 0 saturated carbocycles. The number of aromatic nitrogens is 1. The number of rotatable bonds is 5. The number of esters is 1. The number of benzene rings is 1. The number of ether oxygens (including phenoxy) is 1. The molecule has 0 aliphatic rings. The summed E-state index contributed by atoms with van der Waals surface area (Å²) in [6, 6.07) is 10.2. The van der Waals surface area contributed by atoms with Crippen molar-refractivity contribution < 1.29 is 18.7 Å². The maximum absolute atomic E-state index is 12.7. The molecule has 0 radical (unpaired) electrons. The summed E-state index contributed by atoms with van der Waals surface area (Å²) in [5.41, 5.74) is 2.97. The van der Waals surface area contributed by atoms with Gasteiger partial charge in [-0.2, -0.15) is 0 Å². The highest BCUT2D eigenvalue weighted by Gasteiger charge is 2.18. The highest BCUT2D eigenvalue weighted by atomic mass is 35.5. The van der Waals surface area contributed by atoms with Crippen LogP contribution in [0.15, 0.2) is 47.1 Å². The second-order valence-corrected chi connectivity index (χ2v) is 6.50. The van der Waals surface area contributed by atoms with Crippen LogP contribution >= 0.6 is 11.6 Å². The first-order valence-electron chi connectivity index (χ1n) is 8.29. The molecule has 0 bridgehead atoms. The van der Waals surface area contributed by atoms with Crippen LogP contribution in [-0.2, 0) is 11.3 Å². The molecule has 7 heteroatoms. The average molecular weight is 387 g/mol. The average Bonchev–Trinajstić information content (AvgIpc) is 3.26. The van der Waals surface area contributed by atoms with Crippen molar-refractivity contribution in [2.24, 2.45) is 0 Å². The van der Waals surface area contributed by atoms with Gasteiger partial charge in [0, 0.05) is 17.1 Å². The van der Waals surface area contributed by atoms with E-state index in [0.717, 1.165) is 17.1 Å². The fourth-order valence-corrected chi connectivity index (χ4v) is 3.10. The standard InChI is InChI=1S/C20H19ClN2O4/c1-12-9-16(13(2)23(12)11-15-5-4-8-27-15)19(24)22-14-6-7-18(21)17(10-14)20(25)26-3/h4-10H,11H2,1-3H3,(H,22,24). The van der Waals surface area contributed by atoms with Gasteiger partial charge in [0.05, 0.1) is 36.1 Å². The van der Waals surface area contributed by atoms with Gasteiger partial charge in [0.1, 0.15) is 5.76 Å². The van der Waals surface area contributed by atoms with E-state index >= 15 is 0 Å². The van der Waals surface area contributed by atoms with Gasteiger partial charge in [-0.05, 0) is 50.2 Å². The number of nitrogens with one attached hydrogen (secondary N) is 1. The van der Waals surface area contributed by atoms with Crippen molar-refractivity contribution in [3.8, 4) is 0 Å². The van der Waals surface area contributed by atoms with Crippen LogP contribution in [-0.4, -0.2) is 23.6 Å². The number of hydrogen-bond acceptors (Lipinski definition) is 4. The van der Waals surface area contributed by atoms with E-state index in [2.05, 4.69) is 5.32 Å². The quantitative estimate of drug-likeness (QED) is 0.658. The normalized spacial score (nSPS) is 10.7. The summed E-state index contributed by atoms with van der Waals surface area (Å²) in [6.07, 6.45) is 1.62. The summed E-state index contributed by atoms with van der Waals surface area (Å²) in [5, 5.41) is 3.06. The highest BCUT2D eigenvalue weighted by Crippen LogP contribution is 2.23. The predicted molar refractivity (Wildman–Crippen MR) is 102 cm³/mol. The Kier molecular flexibility index (Phi) is 5.37. The van der Waals surface area contributed by atoms with Crippen LogP contribution in [0.25, 0.3) is 0 Å². The smallest absolute Gasteiger partial charge is 0.339 e. The Bertz CT molecular complexity index is 990. The van der Waals surface area contributed by atoms with E-state index in [4.69, 9.17) is 20.8 Å². The van der Waals surface area contributed by atoms with E-state index in [1.54, 1.807) is 18.4 Å². The lowest BCUT2D eigenvalue weighted by Gasteiger charge is -2.10. The van der Waals surface area contributed by atoms with Crippen molar-refractivity contribution >= 4 is 29.2 Å². The number of nitrogens with zero attached hydrogens (tertiary/aromatic N) is 1. The minimum absolute atomic E-state index is 0.195. The van der Waals surface area contributed by atoms with Crippen molar-refractivity contribution in [2.75, 3.05) is 12.4 Å². The number of hydrogen-bond donors (Lipinski definition) is 1. The number of carbonyl (C=O) groups excluding carboxylic acids is 2. The first-order valence-corrected chi connectivity index (χ1v) is 8.67. The summed E-state index contributed by atoms with van der Waals surface area (Å²) >= 11 is 6.01.